The van der Waals surface area contributed by atoms with Gasteiger partial charge in [0.05, 0.1) is 11.6 Å². The van der Waals surface area contributed by atoms with Crippen molar-refractivity contribution in [1.82, 2.24) is 15.5 Å². The van der Waals surface area contributed by atoms with E-state index in [0.29, 0.717) is 38.9 Å². The van der Waals surface area contributed by atoms with Crippen LogP contribution in [0, 0.1) is 0 Å². The molecule has 0 spiro atoms. The Morgan fingerprint density at radius 2 is 1.69 bits per heavy atom. The molecule has 8 nitrogen and oxygen atoms in total. The lowest BCUT2D eigenvalue weighted by Gasteiger charge is -2.29. The topological polar surface area (TPSA) is 126 Å². The second-order valence-corrected chi connectivity index (χ2v) is 11.0. The summed E-state index contributed by atoms with van der Waals surface area (Å²) in [7, 11) is 0. The Morgan fingerprint density at radius 3 is 2.31 bits per heavy atom. The molecule has 6 N–H and O–H groups in total. The molecular formula is C34H39F3N6O2. The van der Waals surface area contributed by atoms with Crippen molar-refractivity contribution in [3.05, 3.63) is 113 Å². The predicted molar refractivity (Wildman–Crippen MR) is 170 cm³/mol. The number of amides is 2. The zero-order valence-electron chi connectivity index (χ0n) is 24.9. The number of alkyl halides is 3. The minimum absolute atomic E-state index is 0.0101. The van der Waals surface area contributed by atoms with Crippen LogP contribution < -0.4 is 22.1 Å². The maximum Gasteiger partial charge on any atom is 0.416 e. The molecule has 1 aliphatic rings. The minimum Gasteiger partial charge on any atom is -0.370 e. The number of halogens is 3. The molecule has 3 aromatic rings. The summed E-state index contributed by atoms with van der Waals surface area (Å²) in [4.78, 5) is 32.4. The molecule has 11 heteroatoms. The van der Waals surface area contributed by atoms with Crippen LogP contribution in [0.5, 0.6) is 0 Å². The Hall–Kier alpha value is -4.64. The molecule has 1 saturated heterocycles. The van der Waals surface area contributed by atoms with E-state index in [4.69, 9.17) is 11.5 Å². The Labute approximate surface area is 261 Å². The summed E-state index contributed by atoms with van der Waals surface area (Å²) < 4.78 is 39.1. The van der Waals surface area contributed by atoms with Gasteiger partial charge in [0.15, 0.2) is 5.96 Å². The molecule has 4 rings (SSSR count). The second kappa shape index (κ2) is 15.9. The summed E-state index contributed by atoms with van der Waals surface area (Å²) in [6.45, 7) is 1.58. The summed E-state index contributed by atoms with van der Waals surface area (Å²) in [5.74, 6) is -0.519. The number of nitrogens with two attached hydrogens (primary N) is 2. The summed E-state index contributed by atoms with van der Waals surface area (Å²) >= 11 is 0. The summed E-state index contributed by atoms with van der Waals surface area (Å²) in [6.07, 6.45) is -0.256. The second-order valence-electron chi connectivity index (χ2n) is 11.0. The molecule has 1 heterocycles. The third kappa shape index (κ3) is 10.2. The van der Waals surface area contributed by atoms with Crippen LogP contribution in [0.1, 0.15) is 47.4 Å². The number of rotatable bonds is 12. The molecule has 1 aliphatic heterocycles. The number of guanidine groups is 1. The minimum atomic E-state index is -4.47. The molecule has 0 radical (unpaired) electrons. The number of benzene rings is 3. The summed E-state index contributed by atoms with van der Waals surface area (Å²) in [6, 6.07) is 24.2. The first kappa shape index (κ1) is 33.3. The molecule has 0 aromatic heterocycles. The van der Waals surface area contributed by atoms with E-state index in [2.05, 4.69) is 39.9 Å². The first-order chi connectivity index (χ1) is 21.6. The molecule has 0 unspecified atom stereocenters. The quantitative estimate of drug-likeness (QED) is 0.104. The van der Waals surface area contributed by atoms with Crippen LogP contribution in [0.3, 0.4) is 0 Å². The third-order valence-electron chi connectivity index (χ3n) is 7.71. The molecule has 0 bridgehead atoms. The maximum atomic E-state index is 13.9. The van der Waals surface area contributed by atoms with E-state index in [1.807, 2.05) is 41.3 Å². The number of carbonyl (C=O) groups is 2. The van der Waals surface area contributed by atoms with Crippen molar-refractivity contribution in [3.8, 4) is 0 Å². The number of hydrogen-bond acceptors (Lipinski definition) is 4. The van der Waals surface area contributed by atoms with E-state index in [1.165, 1.54) is 24.3 Å². The van der Waals surface area contributed by atoms with E-state index in [-0.39, 0.29) is 35.9 Å². The summed E-state index contributed by atoms with van der Waals surface area (Å²) in [5.41, 5.74) is 12.6. The van der Waals surface area contributed by atoms with Crippen LogP contribution in [-0.4, -0.2) is 60.9 Å². The van der Waals surface area contributed by atoms with Crippen LogP contribution in [0.25, 0.3) is 6.08 Å². The van der Waals surface area contributed by atoms with Crippen molar-refractivity contribution >= 4 is 23.8 Å². The van der Waals surface area contributed by atoms with Gasteiger partial charge in [-0.15, -0.1) is 0 Å². The van der Waals surface area contributed by atoms with Gasteiger partial charge in [-0.3, -0.25) is 14.6 Å². The van der Waals surface area contributed by atoms with Crippen molar-refractivity contribution < 1.29 is 22.8 Å². The van der Waals surface area contributed by atoms with Crippen LogP contribution in [-0.2, 0) is 15.8 Å². The van der Waals surface area contributed by atoms with E-state index in [9.17, 15) is 22.8 Å². The fraction of sp³-hybridized carbons (Fsp3) is 0.324. The van der Waals surface area contributed by atoms with Gasteiger partial charge in [0.2, 0.25) is 11.8 Å². The normalized spacial score (nSPS) is 17.3. The van der Waals surface area contributed by atoms with E-state index >= 15 is 0 Å². The number of carbonyl (C=O) groups excluding carboxylic acids is 2. The SMILES string of the molecule is NC(N)=NCCC[C@@H]1N[C@H](CNC(=O)C=Cc2cccc(C(F)(F)F)c2)CCN(CC(c2ccccc2)c2ccccc2)C1=O. The van der Waals surface area contributed by atoms with Crippen molar-refractivity contribution in [2.75, 3.05) is 26.2 Å². The highest BCUT2D eigenvalue weighted by atomic mass is 19.4. The Bertz CT molecular complexity index is 1420. The monoisotopic (exact) mass is 620 g/mol. The number of aliphatic imine (C=N–C) groups is 1. The molecule has 3 aromatic carbocycles. The van der Waals surface area contributed by atoms with Crippen LogP contribution in [0.15, 0.2) is 96.0 Å². The highest BCUT2D eigenvalue weighted by Crippen LogP contribution is 2.30. The zero-order chi connectivity index (χ0) is 32.2. The highest BCUT2D eigenvalue weighted by molar-refractivity contribution is 5.91. The first-order valence-corrected chi connectivity index (χ1v) is 14.9. The molecule has 2 atom stereocenters. The molecule has 0 aliphatic carbocycles. The zero-order valence-corrected chi connectivity index (χ0v) is 24.9. The van der Waals surface area contributed by atoms with Crippen molar-refractivity contribution in [2.45, 2.75) is 43.4 Å². The predicted octanol–water partition coefficient (Wildman–Crippen LogP) is 4.28. The van der Waals surface area contributed by atoms with Crippen molar-refractivity contribution in [2.24, 2.45) is 16.5 Å². The lowest BCUT2D eigenvalue weighted by atomic mass is 9.90. The largest absolute Gasteiger partial charge is 0.416 e. The van der Waals surface area contributed by atoms with Gasteiger partial charge in [-0.2, -0.15) is 13.2 Å². The highest BCUT2D eigenvalue weighted by Gasteiger charge is 2.33. The molecule has 0 saturated carbocycles. The lowest BCUT2D eigenvalue weighted by molar-refractivity contribution is -0.137. The first-order valence-electron chi connectivity index (χ1n) is 14.9. The molecule has 2 amide bonds. The Kier molecular flexibility index (Phi) is 11.7. The van der Waals surface area contributed by atoms with Gasteiger partial charge in [0, 0.05) is 44.2 Å². The van der Waals surface area contributed by atoms with E-state index in [1.54, 1.807) is 0 Å². The number of nitrogens with zero attached hydrogens (tertiary/aromatic N) is 2. The number of nitrogens with one attached hydrogen (secondary N) is 2. The van der Waals surface area contributed by atoms with Crippen LogP contribution in [0.4, 0.5) is 13.2 Å². The molecule has 45 heavy (non-hydrogen) atoms. The van der Waals surface area contributed by atoms with E-state index < -0.39 is 23.7 Å². The average Bonchev–Trinajstić information content (AvgIpc) is 3.18. The molecule has 238 valence electrons. The fourth-order valence-corrected chi connectivity index (χ4v) is 5.40. The standard InChI is InChI=1S/C34H39F3N6O2/c35-34(36,37)27-14-7-9-24(21-27)16-17-31(44)41-22-28-18-20-43(32(45)30(42-28)15-8-19-40-33(38)39)23-29(25-10-3-1-4-11-25)26-12-5-2-6-13-26/h1-7,9-14,16-17,21,28-30,42H,8,15,18-20,22-23H2,(H,41,44)(H4,38,39,40)/t28-,30-/m0/s1. The van der Waals surface area contributed by atoms with E-state index in [0.717, 1.165) is 23.3 Å². The van der Waals surface area contributed by atoms with Gasteiger partial charge in [0.1, 0.15) is 0 Å². The maximum absolute atomic E-state index is 13.9. The fourth-order valence-electron chi connectivity index (χ4n) is 5.40. The van der Waals surface area contributed by atoms with Crippen molar-refractivity contribution in [3.63, 3.8) is 0 Å². The average molecular weight is 621 g/mol. The number of hydrogen-bond donors (Lipinski definition) is 4. The van der Waals surface area contributed by atoms with Gasteiger partial charge < -0.3 is 27.0 Å². The third-order valence-corrected chi connectivity index (χ3v) is 7.71. The van der Waals surface area contributed by atoms with Gasteiger partial charge in [-0.25, -0.2) is 0 Å². The lowest BCUT2D eigenvalue weighted by Crippen LogP contribution is -2.49. The molecule has 1 fully saturated rings. The molecular weight excluding hydrogens is 581 g/mol. The van der Waals surface area contributed by atoms with Crippen molar-refractivity contribution in [1.29, 1.82) is 0 Å². The van der Waals surface area contributed by atoms with Gasteiger partial charge >= 0.3 is 6.18 Å². The van der Waals surface area contributed by atoms with Gasteiger partial charge in [-0.05, 0) is 54.2 Å². The van der Waals surface area contributed by atoms with Crippen LogP contribution >= 0.6 is 0 Å². The Balaban J connectivity index is 1.46. The van der Waals surface area contributed by atoms with Crippen LogP contribution in [0.2, 0.25) is 0 Å². The van der Waals surface area contributed by atoms with Gasteiger partial charge in [-0.1, -0.05) is 72.8 Å². The Morgan fingerprint density at radius 1 is 1.02 bits per heavy atom. The smallest absolute Gasteiger partial charge is 0.370 e. The summed E-state index contributed by atoms with van der Waals surface area (Å²) in [5, 5.41) is 6.25. The van der Waals surface area contributed by atoms with Gasteiger partial charge in [0.25, 0.3) is 0 Å².